The van der Waals surface area contributed by atoms with E-state index in [9.17, 15) is 13.2 Å². The van der Waals surface area contributed by atoms with Crippen LogP contribution in [0.4, 0.5) is 0 Å². The van der Waals surface area contributed by atoms with Crippen molar-refractivity contribution in [1.29, 1.82) is 0 Å². The molecule has 1 heterocycles. The third-order valence-corrected chi connectivity index (χ3v) is 5.39. The van der Waals surface area contributed by atoms with Crippen molar-refractivity contribution in [2.24, 2.45) is 4.99 Å². The van der Waals surface area contributed by atoms with Gasteiger partial charge >= 0.3 is 0 Å². The molecule has 150 valence electrons. The fourth-order valence-electron chi connectivity index (χ4n) is 2.61. The van der Waals surface area contributed by atoms with Crippen molar-refractivity contribution < 1.29 is 22.7 Å². The van der Waals surface area contributed by atoms with Gasteiger partial charge in [0.25, 0.3) is 10.0 Å². The maximum absolute atomic E-state index is 12.0. The zero-order valence-electron chi connectivity index (χ0n) is 15.6. The third-order valence-electron chi connectivity index (χ3n) is 3.99. The number of nitrogens with zero attached hydrogens (tertiary/aromatic N) is 1. The van der Waals surface area contributed by atoms with E-state index in [0.29, 0.717) is 50.7 Å². The summed E-state index contributed by atoms with van der Waals surface area (Å²) in [7, 11) is -1.87. The predicted molar refractivity (Wildman–Crippen MR) is 102 cm³/mol. The lowest BCUT2D eigenvalue weighted by atomic mass is 10.2. The van der Waals surface area contributed by atoms with Crippen LogP contribution >= 0.6 is 0 Å². The molecule has 1 amide bonds. The number of nitrogens with one attached hydrogen (secondary N) is 2. The van der Waals surface area contributed by atoms with E-state index in [0.717, 1.165) is 19.3 Å². The molecule has 0 aliphatic carbocycles. The third kappa shape index (κ3) is 6.93. The van der Waals surface area contributed by atoms with Crippen molar-refractivity contribution >= 4 is 21.8 Å². The maximum atomic E-state index is 12.0. The van der Waals surface area contributed by atoms with E-state index in [4.69, 9.17) is 9.47 Å². The molecular weight excluding hydrogens is 370 g/mol. The van der Waals surface area contributed by atoms with Gasteiger partial charge in [-0.25, -0.2) is 8.42 Å². The SMILES string of the molecule is COCCOCCNC(=O)CCCCCN=C1NS(=O)(=O)c2ccccc21. The van der Waals surface area contributed by atoms with Crippen LogP contribution in [0.5, 0.6) is 0 Å². The highest BCUT2D eigenvalue weighted by molar-refractivity contribution is 7.90. The number of amidine groups is 1. The van der Waals surface area contributed by atoms with Crippen LogP contribution in [0.15, 0.2) is 34.2 Å². The maximum Gasteiger partial charge on any atom is 0.263 e. The van der Waals surface area contributed by atoms with Crippen molar-refractivity contribution in [2.45, 2.75) is 30.6 Å². The number of benzene rings is 1. The first-order chi connectivity index (χ1) is 13.0. The molecule has 1 aromatic rings. The second-order valence-corrected chi connectivity index (χ2v) is 7.75. The van der Waals surface area contributed by atoms with E-state index in [1.807, 2.05) is 0 Å². The molecule has 1 aliphatic rings. The molecule has 9 heteroatoms. The summed E-state index contributed by atoms with van der Waals surface area (Å²) in [4.78, 5) is 16.3. The highest BCUT2D eigenvalue weighted by atomic mass is 32.2. The van der Waals surface area contributed by atoms with E-state index in [1.54, 1.807) is 31.4 Å². The number of unbranched alkanes of at least 4 members (excludes halogenated alkanes) is 2. The minimum Gasteiger partial charge on any atom is -0.382 e. The first kappa shape index (κ1) is 21.3. The Morgan fingerprint density at radius 1 is 1.15 bits per heavy atom. The highest BCUT2D eigenvalue weighted by Gasteiger charge is 2.29. The van der Waals surface area contributed by atoms with Crippen molar-refractivity contribution in [3.05, 3.63) is 29.8 Å². The van der Waals surface area contributed by atoms with Gasteiger partial charge in [0.1, 0.15) is 5.84 Å². The first-order valence-electron chi connectivity index (χ1n) is 9.04. The Balaban J connectivity index is 1.59. The van der Waals surface area contributed by atoms with Crippen LogP contribution in [0.2, 0.25) is 0 Å². The number of fused-ring (bicyclic) bond motifs is 1. The summed E-state index contributed by atoms with van der Waals surface area (Å²) in [5.41, 5.74) is 0.615. The molecule has 0 fully saturated rings. The number of rotatable bonds is 12. The molecule has 8 nitrogen and oxygen atoms in total. The zero-order chi connectivity index (χ0) is 19.5. The summed E-state index contributed by atoms with van der Waals surface area (Å²) in [6.07, 6.45) is 2.87. The molecule has 0 aromatic heterocycles. The fraction of sp³-hybridized carbons (Fsp3) is 0.556. The number of hydrogen-bond acceptors (Lipinski definition) is 6. The lowest BCUT2D eigenvalue weighted by Crippen LogP contribution is -2.27. The number of ether oxygens (including phenoxy) is 2. The molecular formula is C18H27N3O5S. The Morgan fingerprint density at radius 2 is 1.96 bits per heavy atom. The lowest BCUT2D eigenvalue weighted by Gasteiger charge is -2.06. The van der Waals surface area contributed by atoms with E-state index < -0.39 is 10.0 Å². The minimum atomic E-state index is -3.48. The summed E-state index contributed by atoms with van der Waals surface area (Å²) < 4.78 is 36.6. The Hall–Kier alpha value is -1.97. The van der Waals surface area contributed by atoms with Gasteiger partial charge in [-0.15, -0.1) is 0 Å². The summed E-state index contributed by atoms with van der Waals surface area (Å²) in [6, 6.07) is 6.80. The lowest BCUT2D eigenvalue weighted by molar-refractivity contribution is -0.121. The number of methoxy groups -OCH3 is 1. The van der Waals surface area contributed by atoms with Gasteiger partial charge in [0, 0.05) is 32.2 Å². The molecule has 0 atom stereocenters. The quantitative estimate of drug-likeness (QED) is 0.513. The topological polar surface area (TPSA) is 106 Å². The van der Waals surface area contributed by atoms with Gasteiger partial charge in [-0.1, -0.05) is 18.6 Å². The standard InChI is InChI=1S/C18H27N3O5S/c1-25-13-14-26-12-11-19-17(22)9-3-2-6-10-20-18-15-7-4-5-8-16(15)27(23,24)21-18/h4-5,7-8H,2-3,6,9-14H2,1H3,(H,19,22)(H,20,21). The van der Waals surface area contributed by atoms with Crippen molar-refractivity contribution in [3.8, 4) is 0 Å². The summed E-state index contributed by atoms with van der Waals surface area (Å²) in [5.74, 6) is 0.408. The van der Waals surface area contributed by atoms with Crippen LogP contribution in [0.1, 0.15) is 31.2 Å². The number of amides is 1. The summed E-state index contributed by atoms with van der Waals surface area (Å²) in [6.45, 7) is 2.56. The molecule has 0 saturated heterocycles. The zero-order valence-corrected chi connectivity index (χ0v) is 16.4. The smallest absolute Gasteiger partial charge is 0.263 e. The predicted octanol–water partition coefficient (Wildman–Crippen LogP) is 1.06. The van der Waals surface area contributed by atoms with Gasteiger partial charge in [0.05, 0.1) is 24.7 Å². The average Bonchev–Trinajstić information content (AvgIpc) is 2.92. The van der Waals surface area contributed by atoms with Gasteiger partial charge in [0.15, 0.2) is 0 Å². The highest BCUT2D eigenvalue weighted by Crippen LogP contribution is 2.22. The minimum absolute atomic E-state index is 0.00846. The number of sulfonamides is 1. The first-order valence-corrected chi connectivity index (χ1v) is 10.5. The van der Waals surface area contributed by atoms with Gasteiger partial charge in [-0.05, 0) is 25.0 Å². The second-order valence-electron chi connectivity index (χ2n) is 6.10. The monoisotopic (exact) mass is 397 g/mol. The summed E-state index contributed by atoms with van der Waals surface area (Å²) in [5, 5.41) is 2.81. The van der Waals surface area contributed by atoms with Crippen LogP contribution in [-0.4, -0.2) is 60.2 Å². The van der Waals surface area contributed by atoms with Crippen LogP contribution in [-0.2, 0) is 24.3 Å². The van der Waals surface area contributed by atoms with Gasteiger partial charge in [0.2, 0.25) is 5.91 Å². The van der Waals surface area contributed by atoms with Crippen LogP contribution in [0.25, 0.3) is 0 Å². The van der Waals surface area contributed by atoms with E-state index >= 15 is 0 Å². The number of aliphatic imine (C=N–C) groups is 1. The number of hydrogen-bond donors (Lipinski definition) is 2. The molecule has 1 aromatic carbocycles. The Morgan fingerprint density at radius 3 is 2.78 bits per heavy atom. The fourth-order valence-corrected chi connectivity index (χ4v) is 3.86. The Bertz CT molecular complexity index is 749. The molecule has 2 N–H and O–H groups in total. The van der Waals surface area contributed by atoms with E-state index in [-0.39, 0.29) is 10.8 Å². The largest absolute Gasteiger partial charge is 0.382 e. The Kier molecular flexibility index (Phi) is 8.70. The number of carbonyl (C=O) groups is 1. The molecule has 0 bridgehead atoms. The normalized spacial score (nSPS) is 16.1. The molecule has 1 aliphatic heterocycles. The molecule has 0 saturated carbocycles. The second kappa shape index (κ2) is 11.0. The van der Waals surface area contributed by atoms with Crippen LogP contribution < -0.4 is 10.0 Å². The van der Waals surface area contributed by atoms with Crippen molar-refractivity contribution in [3.63, 3.8) is 0 Å². The van der Waals surface area contributed by atoms with E-state index in [2.05, 4.69) is 15.0 Å². The molecule has 0 unspecified atom stereocenters. The van der Waals surface area contributed by atoms with Gasteiger partial charge in [-0.3, -0.25) is 14.5 Å². The van der Waals surface area contributed by atoms with Crippen LogP contribution in [0, 0.1) is 0 Å². The van der Waals surface area contributed by atoms with Gasteiger partial charge < -0.3 is 14.8 Å². The number of carbonyl (C=O) groups excluding carboxylic acids is 1. The van der Waals surface area contributed by atoms with Crippen LogP contribution in [0.3, 0.4) is 0 Å². The van der Waals surface area contributed by atoms with E-state index in [1.165, 1.54) is 0 Å². The van der Waals surface area contributed by atoms with Crippen molar-refractivity contribution in [1.82, 2.24) is 10.0 Å². The van der Waals surface area contributed by atoms with Crippen molar-refractivity contribution in [2.75, 3.05) is 40.0 Å². The molecule has 27 heavy (non-hydrogen) atoms. The Labute approximate surface area is 160 Å². The molecule has 2 rings (SSSR count). The summed E-state index contributed by atoms with van der Waals surface area (Å²) >= 11 is 0. The van der Waals surface area contributed by atoms with Gasteiger partial charge in [-0.2, -0.15) is 0 Å². The average molecular weight is 397 g/mol. The molecule has 0 radical (unpaired) electrons. The molecule has 0 spiro atoms.